The molecule has 0 aromatic heterocycles. The molecule has 1 unspecified atom stereocenters. The fourth-order valence-corrected chi connectivity index (χ4v) is 2.00. The van der Waals surface area contributed by atoms with Crippen LogP contribution in [-0.2, 0) is 0 Å². The molecule has 0 saturated heterocycles. The highest BCUT2D eigenvalue weighted by Crippen LogP contribution is 2.56. The molecule has 0 amide bonds. The third kappa shape index (κ3) is 4.88. The summed E-state index contributed by atoms with van der Waals surface area (Å²) in [7, 11) is 0. The first kappa shape index (κ1) is 25.7. The van der Waals surface area contributed by atoms with Crippen LogP contribution >= 0.6 is 0 Å². The van der Waals surface area contributed by atoms with Crippen LogP contribution < -0.4 is 4.74 Å². The van der Waals surface area contributed by atoms with Gasteiger partial charge in [0.05, 0.1) is 0 Å². The Balaban J connectivity index is 4.16. The molecular formula is C14H5F15O. The molecule has 1 atom stereocenters. The van der Waals surface area contributed by atoms with Gasteiger partial charge in [-0.05, 0) is 12.1 Å². The van der Waals surface area contributed by atoms with Crippen LogP contribution in [0.2, 0.25) is 0 Å². The minimum absolute atomic E-state index is 0.281. The van der Waals surface area contributed by atoms with Gasteiger partial charge in [0.1, 0.15) is 16.9 Å². The molecule has 0 heterocycles. The van der Waals surface area contributed by atoms with Gasteiger partial charge in [0.2, 0.25) is 0 Å². The van der Waals surface area contributed by atoms with Crippen molar-refractivity contribution in [2.24, 2.45) is 0 Å². The van der Waals surface area contributed by atoms with Gasteiger partial charge in [-0.3, -0.25) is 0 Å². The van der Waals surface area contributed by atoms with Crippen molar-refractivity contribution < 1.29 is 70.6 Å². The molecule has 0 aliphatic rings. The maximum Gasteiger partial charge on any atom is 0.465 e. The number of hydrogen-bond donors (Lipinski definition) is 0. The molecule has 1 rings (SSSR count). The van der Waals surface area contributed by atoms with Gasteiger partial charge in [-0.15, -0.1) is 0 Å². The first-order chi connectivity index (χ1) is 13.1. The summed E-state index contributed by atoms with van der Waals surface area (Å²) < 4.78 is 199. The smallest absolute Gasteiger partial charge is 0.447 e. The van der Waals surface area contributed by atoms with Gasteiger partial charge in [-0.25, -0.2) is 0 Å². The Hall–Kier alpha value is -2.29. The minimum Gasteiger partial charge on any atom is -0.447 e. The first-order valence-corrected chi connectivity index (χ1v) is 6.90. The third-order valence-electron chi connectivity index (χ3n) is 3.17. The van der Waals surface area contributed by atoms with Crippen molar-refractivity contribution in [3.8, 4) is 5.75 Å². The SMILES string of the molecule is FC(F)(F)/C(=C(\C(F)(F)F)C(F)(Oc1ccccc1)C(F)(F)F)C(F)(F)C(F)(F)F. The Morgan fingerprint density at radius 2 is 0.933 bits per heavy atom. The predicted octanol–water partition coefficient (Wildman–Crippen LogP) is 6.91. The van der Waals surface area contributed by atoms with E-state index in [4.69, 9.17) is 0 Å². The van der Waals surface area contributed by atoms with Crippen molar-refractivity contribution in [2.75, 3.05) is 0 Å². The maximum atomic E-state index is 14.5. The largest absolute Gasteiger partial charge is 0.465 e. The topological polar surface area (TPSA) is 9.23 Å². The fourth-order valence-electron chi connectivity index (χ4n) is 2.00. The average molecular weight is 474 g/mol. The molecular weight excluding hydrogens is 469 g/mol. The highest BCUT2D eigenvalue weighted by atomic mass is 19.4. The summed E-state index contributed by atoms with van der Waals surface area (Å²) in [5, 5.41) is 0. The van der Waals surface area contributed by atoms with E-state index in [-0.39, 0.29) is 12.1 Å². The number of alkyl halides is 15. The summed E-state index contributed by atoms with van der Waals surface area (Å²) in [4.78, 5) is 0. The molecule has 172 valence electrons. The summed E-state index contributed by atoms with van der Waals surface area (Å²) in [5.74, 6) is -16.0. The van der Waals surface area contributed by atoms with Crippen LogP contribution in [0.4, 0.5) is 65.9 Å². The predicted molar refractivity (Wildman–Crippen MR) is 67.1 cm³/mol. The lowest BCUT2D eigenvalue weighted by Gasteiger charge is -2.35. The lowest BCUT2D eigenvalue weighted by atomic mass is 9.93. The number of para-hydroxylation sites is 1. The van der Waals surface area contributed by atoms with Crippen molar-refractivity contribution in [3.05, 3.63) is 41.5 Å². The molecule has 1 aromatic carbocycles. The maximum absolute atomic E-state index is 14.5. The van der Waals surface area contributed by atoms with Crippen LogP contribution in [0.15, 0.2) is 41.5 Å². The fraction of sp³-hybridized carbons (Fsp3) is 0.429. The van der Waals surface area contributed by atoms with Crippen LogP contribution in [-0.4, -0.2) is 36.5 Å². The molecule has 1 aromatic rings. The van der Waals surface area contributed by atoms with E-state index >= 15 is 0 Å². The molecule has 0 spiro atoms. The Labute approximate surface area is 155 Å². The molecule has 0 fully saturated rings. The van der Waals surface area contributed by atoms with Gasteiger partial charge in [0.15, 0.2) is 0 Å². The van der Waals surface area contributed by atoms with E-state index in [1.54, 1.807) is 0 Å². The van der Waals surface area contributed by atoms with E-state index in [0.717, 1.165) is 6.07 Å². The van der Waals surface area contributed by atoms with Crippen LogP contribution in [0, 0.1) is 0 Å². The highest BCUT2D eigenvalue weighted by molar-refractivity contribution is 5.38. The van der Waals surface area contributed by atoms with E-state index in [9.17, 15) is 65.9 Å². The Morgan fingerprint density at radius 1 is 0.533 bits per heavy atom. The summed E-state index contributed by atoms with van der Waals surface area (Å²) in [6.07, 6.45) is -29.4. The van der Waals surface area contributed by atoms with E-state index in [0.29, 0.717) is 12.1 Å². The first-order valence-electron chi connectivity index (χ1n) is 6.90. The minimum atomic E-state index is -7.60. The second kappa shape index (κ2) is 7.44. The van der Waals surface area contributed by atoms with Crippen LogP contribution in [0.5, 0.6) is 5.75 Å². The summed E-state index contributed by atoms with van der Waals surface area (Å²) in [6, 6.07) is 2.92. The van der Waals surface area contributed by atoms with Crippen LogP contribution in [0.3, 0.4) is 0 Å². The molecule has 30 heavy (non-hydrogen) atoms. The number of rotatable bonds is 4. The molecule has 16 heteroatoms. The third-order valence-corrected chi connectivity index (χ3v) is 3.17. The standard InChI is InChI=1S/C14H5F15O/c15-9(16,13(24,25)26)7(11(18,19)20)8(12(21,22)23)10(17,14(27,28)29)30-6-4-2-1-3-5-6/h1-5H/b8-7-. The second-order valence-corrected chi connectivity index (χ2v) is 5.33. The number of ether oxygens (including phenoxy) is 1. The summed E-state index contributed by atoms with van der Waals surface area (Å²) in [5.41, 5.74) is -10.1. The lowest BCUT2D eigenvalue weighted by molar-refractivity contribution is -0.311. The van der Waals surface area contributed by atoms with Crippen molar-refractivity contribution >= 4 is 0 Å². The quantitative estimate of drug-likeness (QED) is 0.341. The van der Waals surface area contributed by atoms with Crippen molar-refractivity contribution in [1.82, 2.24) is 0 Å². The average Bonchev–Trinajstić information content (AvgIpc) is 2.48. The Kier molecular flexibility index (Phi) is 6.39. The molecule has 0 bridgehead atoms. The number of halogens is 15. The summed E-state index contributed by atoms with van der Waals surface area (Å²) in [6.45, 7) is 0. The Bertz CT molecular complexity index is 766. The summed E-state index contributed by atoms with van der Waals surface area (Å²) >= 11 is 0. The lowest BCUT2D eigenvalue weighted by Crippen LogP contribution is -2.56. The molecule has 0 N–H and O–H groups in total. The zero-order valence-corrected chi connectivity index (χ0v) is 13.5. The second-order valence-electron chi connectivity index (χ2n) is 5.33. The van der Waals surface area contributed by atoms with E-state index in [1.165, 1.54) is 0 Å². The van der Waals surface area contributed by atoms with Crippen molar-refractivity contribution in [1.29, 1.82) is 0 Å². The number of hydrogen-bond acceptors (Lipinski definition) is 1. The van der Waals surface area contributed by atoms with E-state index in [2.05, 4.69) is 4.74 Å². The monoisotopic (exact) mass is 474 g/mol. The van der Waals surface area contributed by atoms with Gasteiger partial charge >= 0.3 is 36.5 Å². The van der Waals surface area contributed by atoms with Gasteiger partial charge in [0, 0.05) is 0 Å². The number of benzene rings is 1. The van der Waals surface area contributed by atoms with Gasteiger partial charge < -0.3 is 4.74 Å². The molecule has 0 aliphatic heterocycles. The molecule has 1 nitrogen and oxygen atoms in total. The highest BCUT2D eigenvalue weighted by Gasteiger charge is 2.76. The zero-order chi connectivity index (χ0) is 24.0. The molecule has 0 saturated carbocycles. The van der Waals surface area contributed by atoms with Crippen LogP contribution in [0.1, 0.15) is 0 Å². The normalized spacial score (nSPS) is 17.3. The Morgan fingerprint density at radius 3 is 1.23 bits per heavy atom. The van der Waals surface area contributed by atoms with Crippen LogP contribution in [0.25, 0.3) is 0 Å². The van der Waals surface area contributed by atoms with Crippen molar-refractivity contribution in [2.45, 2.75) is 36.5 Å². The number of allylic oxidation sites excluding steroid dienone is 1. The van der Waals surface area contributed by atoms with Crippen molar-refractivity contribution in [3.63, 3.8) is 0 Å². The van der Waals surface area contributed by atoms with Gasteiger partial charge in [-0.2, -0.15) is 65.9 Å². The molecule has 0 aliphatic carbocycles. The van der Waals surface area contributed by atoms with Gasteiger partial charge in [-0.1, -0.05) is 18.2 Å². The zero-order valence-electron chi connectivity index (χ0n) is 13.5. The van der Waals surface area contributed by atoms with E-state index in [1.807, 2.05) is 0 Å². The molecule has 0 radical (unpaired) electrons. The van der Waals surface area contributed by atoms with Gasteiger partial charge in [0.25, 0.3) is 0 Å². The van der Waals surface area contributed by atoms with E-state index < -0.39 is 53.4 Å².